The molecular weight excluding hydrogens is 240 g/mol. The van der Waals surface area contributed by atoms with Gasteiger partial charge >= 0.3 is 0 Å². The van der Waals surface area contributed by atoms with Gasteiger partial charge < -0.3 is 10.6 Å². The minimum absolute atomic E-state index is 0.0736. The van der Waals surface area contributed by atoms with Crippen molar-refractivity contribution in [3.63, 3.8) is 0 Å². The molecule has 19 heavy (non-hydrogen) atoms. The largest absolute Gasteiger partial charge is 0.333 e. The van der Waals surface area contributed by atoms with E-state index < -0.39 is 0 Å². The van der Waals surface area contributed by atoms with Gasteiger partial charge in [0.2, 0.25) is 0 Å². The summed E-state index contributed by atoms with van der Waals surface area (Å²) >= 11 is 0. The molecule has 1 saturated heterocycles. The van der Waals surface area contributed by atoms with Gasteiger partial charge in [-0.15, -0.1) is 0 Å². The highest BCUT2D eigenvalue weighted by molar-refractivity contribution is 5.93. The second kappa shape index (κ2) is 5.74. The zero-order valence-corrected chi connectivity index (χ0v) is 12.1. The molecule has 1 fully saturated rings. The first-order chi connectivity index (χ1) is 9.08. The van der Waals surface area contributed by atoms with Gasteiger partial charge in [0.15, 0.2) is 0 Å². The van der Waals surface area contributed by atoms with Crippen molar-refractivity contribution in [2.75, 3.05) is 13.1 Å². The maximum atomic E-state index is 12.7. The maximum Gasteiger partial charge on any atom is 0.272 e. The van der Waals surface area contributed by atoms with Crippen molar-refractivity contribution in [2.24, 2.45) is 11.7 Å². The number of aryl methyl sites for hydroxylation is 2. The van der Waals surface area contributed by atoms with Gasteiger partial charge in [0, 0.05) is 25.7 Å². The fourth-order valence-corrected chi connectivity index (χ4v) is 2.97. The van der Waals surface area contributed by atoms with E-state index in [4.69, 9.17) is 5.73 Å². The lowest BCUT2D eigenvalue weighted by Crippen LogP contribution is -2.51. The summed E-state index contributed by atoms with van der Waals surface area (Å²) in [6.45, 7) is 8.15. The van der Waals surface area contributed by atoms with Crippen LogP contribution in [0.5, 0.6) is 0 Å². The minimum Gasteiger partial charge on any atom is -0.333 e. The number of carbonyl (C=O) groups is 1. The second-order valence-corrected chi connectivity index (χ2v) is 5.41. The zero-order valence-electron chi connectivity index (χ0n) is 12.1. The summed E-state index contributed by atoms with van der Waals surface area (Å²) in [6, 6.07) is 2.03. The van der Waals surface area contributed by atoms with Gasteiger partial charge in [0.25, 0.3) is 5.91 Å². The first kappa shape index (κ1) is 14.1. The highest BCUT2D eigenvalue weighted by atomic mass is 16.2. The normalized spacial score (nSPS) is 23.7. The zero-order chi connectivity index (χ0) is 14.0. The first-order valence-corrected chi connectivity index (χ1v) is 7.14. The van der Waals surface area contributed by atoms with Crippen molar-refractivity contribution in [1.82, 2.24) is 14.7 Å². The predicted octanol–water partition coefficient (Wildman–Crippen LogP) is 1.41. The van der Waals surface area contributed by atoms with E-state index in [1.54, 1.807) is 4.68 Å². The molecule has 0 aromatic carbocycles. The summed E-state index contributed by atoms with van der Waals surface area (Å²) in [5, 5.41) is 4.35. The molecule has 5 nitrogen and oxygen atoms in total. The fourth-order valence-electron chi connectivity index (χ4n) is 2.97. The van der Waals surface area contributed by atoms with Crippen molar-refractivity contribution in [3.05, 3.63) is 17.5 Å². The van der Waals surface area contributed by atoms with Gasteiger partial charge in [-0.05, 0) is 38.7 Å². The van der Waals surface area contributed by atoms with Crippen LogP contribution in [0.1, 0.15) is 42.9 Å². The van der Waals surface area contributed by atoms with E-state index in [0.717, 1.165) is 25.1 Å². The van der Waals surface area contributed by atoms with Crippen molar-refractivity contribution in [2.45, 2.75) is 46.2 Å². The molecule has 0 aliphatic carbocycles. The Kier molecular flexibility index (Phi) is 4.24. The van der Waals surface area contributed by atoms with E-state index in [-0.39, 0.29) is 11.9 Å². The average molecular weight is 264 g/mol. The van der Waals surface area contributed by atoms with Crippen LogP contribution in [0.25, 0.3) is 0 Å². The molecule has 0 spiro atoms. The summed E-state index contributed by atoms with van der Waals surface area (Å²) in [5.41, 5.74) is 7.44. The number of aromatic nitrogens is 2. The minimum atomic E-state index is 0.0736. The molecule has 1 aromatic heterocycles. The van der Waals surface area contributed by atoms with Crippen molar-refractivity contribution in [3.8, 4) is 0 Å². The third-order valence-electron chi connectivity index (χ3n) is 4.04. The molecule has 2 unspecified atom stereocenters. The third-order valence-corrected chi connectivity index (χ3v) is 4.04. The molecule has 1 aliphatic heterocycles. The van der Waals surface area contributed by atoms with E-state index in [1.165, 1.54) is 0 Å². The lowest BCUT2D eigenvalue weighted by atomic mass is 9.90. The van der Waals surface area contributed by atoms with E-state index in [2.05, 4.69) is 12.0 Å². The number of nitrogens with two attached hydrogens (primary N) is 1. The summed E-state index contributed by atoms with van der Waals surface area (Å²) in [4.78, 5) is 14.7. The smallest absolute Gasteiger partial charge is 0.272 e. The molecule has 1 aromatic rings. The summed E-state index contributed by atoms with van der Waals surface area (Å²) in [5.74, 6) is 0.547. The lowest BCUT2D eigenvalue weighted by Gasteiger charge is -2.39. The fraction of sp³-hybridized carbons (Fsp3) is 0.714. The Labute approximate surface area is 114 Å². The van der Waals surface area contributed by atoms with Gasteiger partial charge in [-0.3, -0.25) is 9.48 Å². The Morgan fingerprint density at radius 3 is 2.95 bits per heavy atom. The highest BCUT2D eigenvalue weighted by Gasteiger charge is 2.32. The number of likely N-dealkylation sites (tertiary alicyclic amines) is 1. The van der Waals surface area contributed by atoms with Crippen LogP contribution in [-0.2, 0) is 6.54 Å². The molecule has 0 saturated carbocycles. The van der Waals surface area contributed by atoms with Gasteiger partial charge in [-0.25, -0.2) is 0 Å². The quantitative estimate of drug-likeness (QED) is 0.897. The van der Waals surface area contributed by atoms with Crippen LogP contribution in [0.2, 0.25) is 0 Å². The average Bonchev–Trinajstić information content (AvgIpc) is 2.78. The van der Waals surface area contributed by atoms with E-state index in [0.29, 0.717) is 24.7 Å². The van der Waals surface area contributed by atoms with E-state index in [1.807, 2.05) is 24.8 Å². The highest BCUT2D eigenvalue weighted by Crippen LogP contribution is 2.24. The van der Waals surface area contributed by atoms with Crippen LogP contribution in [0.3, 0.4) is 0 Å². The maximum absolute atomic E-state index is 12.7. The Morgan fingerprint density at radius 1 is 1.58 bits per heavy atom. The molecule has 1 amide bonds. The number of rotatable bonds is 3. The number of hydrogen-bond donors (Lipinski definition) is 1. The molecule has 5 heteroatoms. The number of amides is 1. The topological polar surface area (TPSA) is 64.2 Å². The van der Waals surface area contributed by atoms with Crippen LogP contribution in [0.15, 0.2) is 6.07 Å². The number of nitrogens with zero attached hydrogens (tertiary/aromatic N) is 3. The Morgan fingerprint density at radius 2 is 2.32 bits per heavy atom. The summed E-state index contributed by atoms with van der Waals surface area (Å²) in [6.07, 6.45) is 2.21. The van der Waals surface area contributed by atoms with E-state index in [9.17, 15) is 4.79 Å². The summed E-state index contributed by atoms with van der Waals surface area (Å²) < 4.78 is 1.78. The lowest BCUT2D eigenvalue weighted by molar-refractivity contribution is 0.0520. The van der Waals surface area contributed by atoms with Crippen LogP contribution in [-0.4, -0.2) is 39.7 Å². The number of carbonyl (C=O) groups excluding carboxylic acids is 1. The number of piperidine rings is 1. The van der Waals surface area contributed by atoms with Gasteiger partial charge in [0.05, 0.1) is 5.69 Å². The molecule has 2 rings (SSSR count). The van der Waals surface area contributed by atoms with Crippen molar-refractivity contribution in [1.29, 1.82) is 0 Å². The van der Waals surface area contributed by atoms with Crippen LogP contribution >= 0.6 is 0 Å². The first-order valence-electron chi connectivity index (χ1n) is 7.14. The Hall–Kier alpha value is -1.36. The molecule has 2 N–H and O–H groups in total. The SMILES string of the molecule is CCn1nc(C)cc1C(=O)N1CCCC(C)C1CN. The predicted molar refractivity (Wildman–Crippen MR) is 74.9 cm³/mol. The monoisotopic (exact) mass is 264 g/mol. The molecule has 0 radical (unpaired) electrons. The van der Waals surface area contributed by atoms with Gasteiger partial charge in [-0.2, -0.15) is 5.10 Å². The second-order valence-electron chi connectivity index (χ2n) is 5.41. The van der Waals surface area contributed by atoms with Gasteiger partial charge in [-0.1, -0.05) is 6.92 Å². The Bertz CT molecular complexity index is 454. The summed E-state index contributed by atoms with van der Waals surface area (Å²) in [7, 11) is 0. The molecule has 2 atom stereocenters. The number of hydrogen-bond acceptors (Lipinski definition) is 3. The molecule has 1 aliphatic rings. The molecular formula is C14H24N4O. The van der Waals surface area contributed by atoms with Crippen LogP contribution in [0, 0.1) is 12.8 Å². The third kappa shape index (κ3) is 2.66. The molecule has 2 heterocycles. The Balaban J connectivity index is 2.26. The van der Waals surface area contributed by atoms with E-state index >= 15 is 0 Å². The molecule has 106 valence electrons. The van der Waals surface area contributed by atoms with Crippen molar-refractivity contribution >= 4 is 5.91 Å². The van der Waals surface area contributed by atoms with Gasteiger partial charge in [0.1, 0.15) is 5.69 Å². The van der Waals surface area contributed by atoms with Crippen LogP contribution in [0.4, 0.5) is 0 Å². The van der Waals surface area contributed by atoms with Crippen LogP contribution < -0.4 is 5.73 Å². The standard InChI is InChI=1S/C14H24N4O/c1-4-18-12(8-11(3)16-18)14(19)17-7-5-6-10(2)13(17)9-15/h8,10,13H,4-7,9,15H2,1-3H3. The van der Waals surface area contributed by atoms with Crippen molar-refractivity contribution < 1.29 is 4.79 Å². The molecule has 0 bridgehead atoms.